The smallest absolute Gasteiger partial charge is 0.127 e. The van der Waals surface area contributed by atoms with Gasteiger partial charge in [-0.25, -0.2) is 0 Å². The van der Waals surface area contributed by atoms with Gasteiger partial charge >= 0.3 is 0 Å². The maximum atomic E-state index is 6.01. The van der Waals surface area contributed by atoms with E-state index in [1.54, 1.807) is 7.11 Å². The van der Waals surface area contributed by atoms with Gasteiger partial charge in [-0.2, -0.15) is 0 Å². The van der Waals surface area contributed by atoms with Crippen molar-refractivity contribution < 1.29 is 14.2 Å². The van der Waals surface area contributed by atoms with Gasteiger partial charge in [0.25, 0.3) is 0 Å². The van der Waals surface area contributed by atoms with Crippen molar-refractivity contribution in [2.24, 2.45) is 0 Å². The molecule has 0 saturated heterocycles. The zero-order valence-corrected chi connectivity index (χ0v) is 16.1. The quantitative estimate of drug-likeness (QED) is 0.493. The highest BCUT2D eigenvalue weighted by molar-refractivity contribution is 5.34. The lowest BCUT2D eigenvalue weighted by Gasteiger charge is -2.25. The van der Waals surface area contributed by atoms with Gasteiger partial charge < -0.3 is 14.2 Å². The number of methoxy groups -OCH3 is 1. The van der Waals surface area contributed by atoms with Crippen LogP contribution in [0.15, 0.2) is 78.9 Å². The molecule has 3 rings (SSSR count). The first-order chi connectivity index (χ1) is 13.1. The summed E-state index contributed by atoms with van der Waals surface area (Å²) in [7, 11) is 1.68. The van der Waals surface area contributed by atoms with E-state index in [1.807, 2.05) is 60.7 Å². The van der Waals surface area contributed by atoms with Crippen LogP contribution < -0.4 is 9.47 Å². The molecule has 0 aromatic heterocycles. The van der Waals surface area contributed by atoms with Crippen molar-refractivity contribution in [3.05, 3.63) is 90.0 Å². The number of benzene rings is 3. The normalized spacial score (nSPS) is 11.2. The molecule has 0 atom stereocenters. The number of rotatable bonds is 8. The fraction of sp³-hybridized carbons (Fsp3) is 0.250. The summed E-state index contributed by atoms with van der Waals surface area (Å²) in [4.78, 5) is 0. The molecule has 0 aliphatic heterocycles. The Bertz CT molecular complexity index is 839. The van der Waals surface area contributed by atoms with Crippen LogP contribution in [0.4, 0.5) is 0 Å². The molecular formula is C24H26O3. The zero-order chi connectivity index (χ0) is 19.1. The highest BCUT2D eigenvalue weighted by Gasteiger charge is 2.21. The van der Waals surface area contributed by atoms with Gasteiger partial charge in [-0.1, -0.05) is 56.3 Å². The molecule has 3 aromatic carbocycles. The monoisotopic (exact) mass is 362 g/mol. The fourth-order valence-corrected chi connectivity index (χ4v) is 2.87. The lowest BCUT2D eigenvalue weighted by molar-refractivity contribution is 0.0824. The molecule has 0 aliphatic carbocycles. The van der Waals surface area contributed by atoms with E-state index in [-0.39, 0.29) is 5.41 Å². The molecule has 3 aromatic rings. The lowest BCUT2D eigenvalue weighted by Crippen LogP contribution is -2.24. The Morgan fingerprint density at radius 2 is 1.44 bits per heavy atom. The Labute approximate surface area is 161 Å². The second-order valence-corrected chi connectivity index (χ2v) is 7.17. The van der Waals surface area contributed by atoms with E-state index in [2.05, 4.69) is 32.0 Å². The highest BCUT2D eigenvalue weighted by Crippen LogP contribution is 2.26. The third kappa shape index (κ3) is 5.35. The third-order valence-corrected chi connectivity index (χ3v) is 4.48. The van der Waals surface area contributed by atoms with Gasteiger partial charge in [0, 0.05) is 5.41 Å². The summed E-state index contributed by atoms with van der Waals surface area (Å²) in [6.45, 7) is 5.54. The summed E-state index contributed by atoms with van der Waals surface area (Å²) in [6.07, 6.45) is 0. The van der Waals surface area contributed by atoms with Crippen LogP contribution in [0.5, 0.6) is 17.2 Å². The second-order valence-electron chi connectivity index (χ2n) is 7.17. The van der Waals surface area contributed by atoms with Crippen LogP contribution in [-0.2, 0) is 16.8 Å². The van der Waals surface area contributed by atoms with E-state index in [4.69, 9.17) is 14.2 Å². The minimum Gasteiger partial charge on any atom is -0.497 e. The standard InChI is InChI=1S/C24H26O3/c1-24(2,20-12-14-21(25-3)15-13-20)18-26-17-19-8-7-11-23(16-19)27-22-9-5-4-6-10-22/h4-16H,17-18H2,1-3H3. The Morgan fingerprint density at radius 1 is 0.741 bits per heavy atom. The van der Waals surface area contributed by atoms with Crippen LogP contribution in [0.3, 0.4) is 0 Å². The summed E-state index contributed by atoms with van der Waals surface area (Å²) in [5, 5.41) is 0. The largest absolute Gasteiger partial charge is 0.497 e. The molecule has 0 fully saturated rings. The molecule has 3 heteroatoms. The first-order valence-electron chi connectivity index (χ1n) is 9.11. The predicted octanol–water partition coefficient (Wildman–Crippen LogP) is 5.98. The lowest BCUT2D eigenvalue weighted by atomic mass is 9.85. The van der Waals surface area contributed by atoms with Crippen LogP contribution in [-0.4, -0.2) is 13.7 Å². The maximum Gasteiger partial charge on any atom is 0.127 e. The van der Waals surface area contributed by atoms with E-state index in [9.17, 15) is 0 Å². The molecule has 3 nitrogen and oxygen atoms in total. The van der Waals surface area contributed by atoms with Gasteiger partial charge in [0.15, 0.2) is 0 Å². The van der Waals surface area contributed by atoms with Gasteiger partial charge in [0.1, 0.15) is 17.2 Å². The number of hydrogen-bond acceptors (Lipinski definition) is 3. The topological polar surface area (TPSA) is 27.7 Å². The van der Waals surface area contributed by atoms with E-state index in [1.165, 1.54) is 5.56 Å². The second kappa shape index (κ2) is 8.74. The van der Waals surface area contributed by atoms with Crippen molar-refractivity contribution in [1.29, 1.82) is 0 Å². The molecule has 0 spiro atoms. The van der Waals surface area contributed by atoms with Gasteiger partial charge in [0.05, 0.1) is 20.3 Å². The minimum atomic E-state index is -0.0789. The van der Waals surface area contributed by atoms with Crippen molar-refractivity contribution in [3.63, 3.8) is 0 Å². The van der Waals surface area contributed by atoms with Gasteiger partial charge in [0.2, 0.25) is 0 Å². The molecule has 140 valence electrons. The van der Waals surface area contributed by atoms with Crippen molar-refractivity contribution >= 4 is 0 Å². The minimum absolute atomic E-state index is 0.0789. The first kappa shape index (κ1) is 19.0. The van der Waals surface area contributed by atoms with Crippen LogP contribution in [0.1, 0.15) is 25.0 Å². The fourth-order valence-electron chi connectivity index (χ4n) is 2.87. The molecule has 0 aliphatic rings. The molecule has 0 saturated carbocycles. The summed E-state index contributed by atoms with van der Waals surface area (Å²) in [6, 6.07) is 26.0. The molecule has 0 radical (unpaired) electrons. The van der Waals surface area contributed by atoms with Gasteiger partial charge in [-0.05, 0) is 47.5 Å². The molecule has 0 amide bonds. The van der Waals surface area contributed by atoms with Crippen molar-refractivity contribution in [1.82, 2.24) is 0 Å². The molecular weight excluding hydrogens is 336 g/mol. The average Bonchev–Trinajstić information content (AvgIpc) is 2.69. The number of para-hydroxylation sites is 1. The van der Waals surface area contributed by atoms with Crippen LogP contribution in [0.2, 0.25) is 0 Å². The van der Waals surface area contributed by atoms with Crippen LogP contribution in [0.25, 0.3) is 0 Å². The number of ether oxygens (including phenoxy) is 3. The van der Waals surface area contributed by atoms with E-state index < -0.39 is 0 Å². The summed E-state index contributed by atoms with van der Waals surface area (Å²) < 4.78 is 17.1. The zero-order valence-electron chi connectivity index (χ0n) is 16.1. The summed E-state index contributed by atoms with van der Waals surface area (Å²) in [5.74, 6) is 2.51. The SMILES string of the molecule is COc1ccc(C(C)(C)COCc2cccc(Oc3ccccc3)c2)cc1. The molecule has 0 bridgehead atoms. The van der Waals surface area contributed by atoms with Crippen LogP contribution >= 0.6 is 0 Å². The van der Waals surface area contributed by atoms with Crippen molar-refractivity contribution in [2.45, 2.75) is 25.9 Å². The predicted molar refractivity (Wildman–Crippen MR) is 109 cm³/mol. The van der Waals surface area contributed by atoms with E-state index in [0.717, 1.165) is 22.8 Å². The van der Waals surface area contributed by atoms with Crippen molar-refractivity contribution in [3.8, 4) is 17.2 Å². The first-order valence-corrected chi connectivity index (χ1v) is 9.11. The summed E-state index contributed by atoms with van der Waals surface area (Å²) >= 11 is 0. The van der Waals surface area contributed by atoms with Gasteiger partial charge in [-0.15, -0.1) is 0 Å². The Kier molecular flexibility index (Phi) is 6.15. The van der Waals surface area contributed by atoms with E-state index >= 15 is 0 Å². The van der Waals surface area contributed by atoms with E-state index in [0.29, 0.717) is 13.2 Å². The Balaban J connectivity index is 1.57. The number of hydrogen-bond donors (Lipinski definition) is 0. The van der Waals surface area contributed by atoms with Crippen molar-refractivity contribution in [2.75, 3.05) is 13.7 Å². The molecule has 0 N–H and O–H groups in total. The average molecular weight is 362 g/mol. The Morgan fingerprint density at radius 3 is 2.15 bits per heavy atom. The highest BCUT2D eigenvalue weighted by atomic mass is 16.5. The van der Waals surface area contributed by atoms with Crippen LogP contribution in [0, 0.1) is 0 Å². The molecule has 0 heterocycles. The van der Waals surface area contributed by atoms with Gasteiger partial charge in [-0.3, -0.25) is 0 Å². The third-order valence-electron chi connectivity index (χ3n) is 4.48. The summed E-state index contributed by atoms with van der Waals surface area (Å²) in [5.41, 5.74) is 2.24. The Hall–Kier alpha value is -2.78. The maximum absolute atomic E-state index is 6.01. The molecule has 27 heavy (non-hydrogen) atoms. The molecule has 0 unspecified atom stereocenters.